The predicted octanol–water partition coefficient (Wildman–Crippen LogP) is 2.83. The second kappa shape index (κ2) is 7.38. The molecule has 0 bridgehead atoms. The van der Waals surface area contributed by atoms with E-state index in [2.05, 4.69) is 20.2 Å². The highest BCUT2D eigenvalue weighted by Crippen LogP contribution is 2.41. The summed E-state index contributed by atoms with van der Waals surface area (Å²) in [6.07, 6.45) is 8.48. The van der Waals surface area contributed by atoms with Crippen molar-refractivity contribution in [2.24, 2.45) is 5.92 Å². The molecule has 35 heavy (non-hydrogen) atoms. The summed E-state index contributed by atoms with van der Waals surface area (Å²) in [5.41, 5.74) is 11.3. The van der Waals surface area contributed by atoms with Gasteiger partial charge in [-0.1, -0.05) is 0 Å². The van der Waals surface area contributed by atoms with Gasteiger partial charge in [-0.15, -0.1) is 0 Å². The Morgan fingerprint density at radius 1 is 1.23 bits per heavy atom. The van der Waals surface area contributed by atoms with Crippen LogP contribution in [-0.2, 0) is 16.4 Å². The molecule has 4 aromatic rings. The molecule has 1 aromatic carbocycles. The van der Waals surface area contributed by atoms with Crippen molar-refractivity contribution in [2.75, 3.05) is 12.0 Å². The van der Waals surface area contributed by atoms with Crippen LogP contribution in [0.15, 0.2) is 35.6 Å². The van der Waals surface area contributed by atoms with Gasteiger partial charge in [0.25, 0.3) is 5.91 Å². The van der Waals surface area contributed by atoms with Crippen LogP contribution in [0.2, 0.25) is 0 Å². The third-order valence-electron chi connectivity index (χ3n) is 7.11. The SMILES string of the molecule is Cc1[nH]ncc1-c1cn2c(-c3cc4c(c(S(C)(=O)=O)c3)C(=O)N(C(C)C3CC3)C4)cnc2c(N)n1. The number of aryl methyl sites for hydroxylation is 1. The smallest absolute Gasteiger partial charge is 0.256 e. The molecule has 1 aliphatic carbocycles. The number of imidazole rings is 1. The molecule has 0 spiro atoms. The van der Waals surface area contributed by atoms with Gasteiger partial charge < -0.3 is 10.6 Å². The molecule has 3 aromatic heterocycles. The Kier molecular flexibility index (Phi) is 4.59. The zero-order valence-electron chi connectivity index (χ0n) is 19.6. The summed E-state index contributed by atoms with van der Waals surface area (Å²) >= 11 is 0. The number of nitrogens with one attached hydrogen (secondary N) is 1. The molecule has 1 amide bonds. The molecule has 1 aliphatic heterocycles. The third kappa shape index (κ3) is 3.41. The molecule has 180 valence electrons. The largest absolute Gasteiger partial charge is 0.381 e. The number of rotatable bonds is 5. The molecule has 1 saturated carbocycles. The fraction of sp³-hybridized carbons (Fsp3) is 0.333. The first kappa shape index (κ1) is 21.8. The van der Waals surface area contributed by atoms with Gasteiger partial charge in [-0.3, -0.25) is 14.3 Å². The lowest BCUT2D eigenvalue weighted by molar-refractivity contribution is 0.0694. The second-order valence-corrected chi connectivity index (χ2v) is 11.5. The summed E-state index contributed by atoms with van der Waals surface area (Å²) in [4.78, 5) is 24.1. The van der Waals surface area contributed by atoms with E-state index in [1.54, 1.807) is 27.8 Å². The molecule has 3 N–H and O–H groups in total. The van der Waals surface area contributed by atoms with Crippen LogP contribution in [-0.4, -0.2) is 56.1 Å². The number of nitrogen functional groups attached to an aromatic ring is 1. The fourth-order valence-electron chi connectivity index (χ4n) is 5.01. The van der Waals surface area contributed by atoms with E-state index in [4.69, 9.17) is 5.73 Å². The average Bonchev–Trinajstić information content (AvgIpc) is 3.28. The summed E-state index contributed by atoms with van der Waals surface area (Å²) in [6, 6.07) is 3.54. The molecular formula is C24H25N7O3S. The Bertz CT molecular complexity index is 1630. The van der Waals surface area contributed by atoms with Crippen molar-refractivity contribution in [3.63, 3.8) is 0 Å². The zero-order valence-corrected chi connectivity index (χ0v) is 20.4. The number of nitrogens with zero attached hydrogens (tertiary/aromatic N) is 5. The van der Waals surface area contributed by atoms with Gasteiger partial charge >= 0.3 is 0 Å². The Morgan fingerprint density at radius 3 is 2.66 bits per heavy atom. The Hall–Kier alpha value is -3.73. The number of carbonyl (C=O) groups excluding carboxylic acids is 1. The quantitative estimate of drug-likeness (QED) is 0.437. The summed E-state index contributed by atoms with van der Waals surface area (Å²) in [6.45, 7) is 4.33. The summed E-state index contributed by atoms with van der Waals surface area (Å²) < 4.78 is 27.4. The van der Waals surface area contributed by atoms with Gasteiger partial charge in [0.1, 0.15) is 0 Å². The number of aromatic amines is 1. The number of H-pyrrole nitrogens is 1. The van der Waals surface area contributed by atoms with Gasteiger partial charge in [-0.25, -0.2) is 18.4 Å². The lowest BCUT2D eigenvalue weighted by Crippen LogP contribution is -2.35. The van der Waals surface area contributed by atoms with Crippen molar-refractivity contribution in [2.45, 2.75) is 44.2 Å². The first-order chi connectivity index (χ1) is 16.6. The molecular weight excluding hydrogens is 466 g/mol. The van der Waals surface area contributed by atoms with E-state index in [0.717, 1.165) is 30.4 Å². The van der Waals surface area contributed by atoms with Crippen LogP contribution in [0, 0.1) is 12.8 Å². The average molecular weight is 492 g/mol. The van der Waals surface area contributed by atoms with E-state index >= 15 is 0 Å². The number of amides is 1. The summed E-state index contributed by atoms with van der Waals surface area (Å²) in [5, 5.41) is 6.96. The molecule has 1 unspecified atom stereocenters. The maximum atomic E-state index is 13.3. The number of aromatic nitrogens is 5. The molecule has 0 saturated heterocycles. The minimum Gasteiger partial charge on any atom is -0.381 e. The van der Waals surface area contributed by atoms with Crippen LogP contribution < -0.4 is 5.73 Å². The van der Waals surface area contributed by atoms with Gasteiger partial charge in [-0.05, 0) is 50.3 Å². The van der Waals surface area contributed by atoms with E-state index in [0.29, 0.717) is 40.6 Å². The topological polar surface area (TPSA) is 139 Å². The minimum atomic E-state index is -3.67. The van der Waals surface area contributed by atoms with Gasteiger partial charge in [0.2, 0.25) is 0 Å². The number of hydrogen-bond donors (Lipinski definition) is 2. The van der Waals surface area contributed by atoms with Crippen LogP contribution in [0.3, 0.4) is 0 Å². The van der Waals surface area contributed by atoms with Crippen molar-refractivity contribution < 1.29 is 13.2 Å². The lowest BCUT2D eigenvalue weighted by Gasteiger charge is -2.24. The molecule has 10 nitrogen and oxygen atoms in total. The Morgan fingerprint density at radius 2 is 2.00 bits per heavy atom. The van der Waals surface area contributed by atoms with Crippen LogP contribution in [0.4, 0.5) is 5.82 Å². The molecule has 4 heterocycles. The molecule has 0 radical (unpaired) electrons. The Balaban J connectivity index is 1.53. The minimum absolute atomic E-state index is 0.0448. The number of fused-ring (bicyclic) bond motifs is 2. The second-order valence-electron chi connectivity index (χ2n) is 9.55. The van der Waals surface area contributed by atoms with Crippen molar-refractivity contribution in [1.82, 2.24) is 29.5 Å². The highest BCUT2D eigenvalue weighted by atomic mass is 32.2. The molecule has 1 fully saturated rings. The van der Waals surface area contributed by atoms with Gasteiger partial charge in [-0.2, -0.15) is 5.10 Å². The standard InChI is InChI=1S/C24H25N7O3S/c1-12-17(8-27-29-12)18-11-31-19(9-26-23(31)22(25)28-18)15-6-16-10-30(13(2)14-4-5-14)24(32)21(16)20(7-15)35(3,33)34/h6-9,11,13-14H,4-5,10H2,1-3H3,(H2,25,28)(H,27,29). The van der Waals surface area contributed by atoms with E-state index < -0.39 is 9.84 Å². The van der Waals surface area contributed by atoms with E-state index in [9.17, 15) is 13.2 Å². The van der Waals surface area contributed by atoms with Crippen molar-refractivity contribution in [1.29, 1.82) is 0 Å². The summed E-state index contributed by atoms with van der Waals surface area (Å²) in [5.74, 6) is 0.516. The normalized spacial score (nSPS) is 16.8. The number of carbonyl (C=O) groups is 1. The highest BCUT2D eigenvalue weighted by molar-refractivity contribution is 7.90. The number of sulfone groups is 1. The van der Waals surface area contributed by atoms with E-state index in [-0.39, 0.29) is 28.2 Å². The van der Waals surface area contributed by atoms with Crippen LogP contribution in [0.5, 0.6) is 0 Å². The monoisotopic (exact) mass is 491 g/mol. The molecule has 2 aliphatic rings. The lowest BCUT2D eigenvalue weighted by atomic mass is 10.0. The highest BCUT2D eigenvalue weighted by Gasteiger charge is 2.41. The van der Waals surface area contributed by atoms with E-state index in [1.165, 1.54) is 0 Å². The number of hydrogen-bond acceptors (Lipinski definition) is 7. The maximum absolute atomic E-state index is 13.3. The zero-order chi connectivity index (χ0) is 24.6. The first-order valence-electron chi connectivity index (χ1n) is 11.5. The van der Waals surface area contributed by atoms with Gasteiger partial charge in [0.05, 0.1) is 34.2 Å². The molecule has 6 rings (SSSR count). The molecule has 11 heteroatoms. The predicted molar refractivity (Wildman–Crippen MR) is 130 cm³/mol. The fourth-order valence-corrected chi connectivity index (χ4v) is 5.94. The maximum Gasteiger partial charge on any atom is 0.256 e. The van der Waals surface area contributed by atoms with Gasteiger partial charge in [0.15, 0.2) is 21.3 Å². The molecule has 1 atom stereocenters. The van der Waals surface area contributed by atoms with Crippen molar-refractivity contribution in [3.05, 3.63) is 47.5 Å². The Labute approximate surface area is 202 Å². The van der Waals surface area contributed by atoms with Crippen LogP contribution in [0.1, 0.15) is 41.4 Å². The van der Waals surface area contributed by atoms with Gasteiger partial charge in [0, 0.05) is 41.9 Å². The van der Waals surface area contributed by atoms with Crippen LogP contribution in [0.25, 0.3) is 28.2 Å². The first-order valence-corrected chi connectivity index (χ1v) is 13.3. The summed E-state index contributed by atoms with van der Waals surface area (Å²) in [7, 11) is -3.67. The van der Waals surface area contributed by atoms with Crippen molar-refractivity contribution in [3.8, 4) is 22.5 Å². The van der Waals surface area contributed by atoms with E-state index in [1.807, 2.05) is 26.1 Å². The number of benzene rings is 1. The number of nitrogens with two attached hydrogens (primary N) is 1. The van der Waals surface area contributed by atoms with Crippen molar-refractivity contribution >= 4 is 27.2 Å². The third-order valence-corrected chi connectivity index (χ3v) is 8.24. The van der Waals surface area contributed by atoms with Crippen LogP contribution >= 0.6 is 0 Å². The number of anilines is 1.